The van der Waals surface area contributed by atoms with Crippen LogP contribution in [0.2, 0.25) is 0 Å². The minimum Gasteiger partial charge on any atom is -0.344 e. The van der Waals surface area contributed by atoms with Crippen LogP contribution in [0, 0.1) is 5.82 Å². The largest absolute Gasteiger partial charge is 0.344 e. The molecule has 2 unspecified atom stereocenters. The fourth-order valence-corrected chi connectivity index (χ4v) is 3.48. The molecule has 3 heterocycles. The lowest BCUT2D eigenvalue weighted by atomic mass is 10.1. The molecular weight excluding hydrogens is 271 g/mol. The van der Waals surface area contributed by atoms with Gasteiger partial charge in [0.15, 0.2) is 0 Å². The summed E-state index contributed by atoms with van der Waals surface area (Å²) in [6.07, 6.45) is 4.75. The fraction of sp³-hybridized carbons (Fsp3) is 0.467. The van der Waals surface area contributed by atoms with Crippen molar-refractivity contribution in [3.05, 3.63) is 29.8 Å². The second kappa shape index (κ2) is 4.80. The van der Waals surface area contributed by atoms with Gasteiger partial charge < -0.3 is 15.2 Å². The van der Waals surface area contributed by atoms with E-state index < -0.39 is 5.82 Å². The number of imidazole rings is 1. The summed E-state index contributed by atoms with van der Waals surface area (Å²) in [5.74, 6) is -0.537. The Labute approximate surface area is 121 Å². The van der Waals surface area contributed by atoms with Crippen LogP contribution in [0.1, 0.15) is 29.6 Å². The Hall–Kier alpha value is -1.95. The third-order valence-electron chi connectivity index (χ3n) is 4.53. The van der Waals surface area contributed by atoms with E-state index in [4.69, 9.17) is 0 Å². The van der Waals surface area contributed by atoms with Crippen LogP contribution in [0.25, 0.3) is 11.0 Å². The van der Waals surface area contributed by atoms with E-state index in [1.165, 1.54) is 24.9 Å². The van der Waals surface area contributed by atoms with Crippen LogP contribution in [0.3, 0.4) is 0 Å². The number of hydrogen-bond donors (Lipinski definition) is 2. The van der Waals surface area contributed by atoms with Gasteiger partial charge in [-0.15, -0.1) is 0 Å². The van der Waals surface area contributed by atoms with E-state index in [1.54, 1.807) is 0 Å². The van der Waals surface area contributed by atoms with E-state index in [1.807, 2.05) is 4.90 Å². The van der Waals surface area contributed by atoms with E-state index in [0.29, 0.717) is 35.2 Å². The maximum atomic E-state index is 13.7. The number of fused-ring (bicyclic) bond motifs is 3. The normalized spacial score (nSPS) is 25.3. The van der Waals surface area contributed by atoms with Gasteiger partial charge in [0.05, 0.1) is 17.4 Å². The maximum Gasteiger partial charge on any atom is 0.256 e. The molecule has 1 aromatic heterocycles. The first-order chi connectivity index (χ1) is 10.2. The molecule has 4 rings (SSSR count). The van der Waals surface area contributed by atoms with Crippen molar-refractivity contribution in [2.45, 2.75) is 31.3 Å². The third kappa shape index (κ3) is 2.19. The van der Waals surface area contributed by atoms with Gasteiger partial charge in [0.2, 0.25) is 0 Å². The van der Waals surface area contributed by atoms with Crippen LogP contribution in [0.5, 0.6) is 0 Å². The molecule has 0 aliphatic carbocycles. The van der Waals surface area contributed by atoms with Crippen molar-refractivity contribution >= 4 is 16.9 Å². The zero-order valence-corrected chi connectivity index (χ0v) is 11.6. The number of rotatable bonds is 1. The second-order valence-corrected chi connectivity index (χ2v) is 5.93. The minimum absolute atomic E-state index is 0.124. The molecule has 2 saturated heterocycles. The molecule has 5 nitrogen and oxygen atoms in total. The third-order valence-corrected chi connectivity index (χ3v) is 4.53. The molecule has 2 bridgehead atoms. The van der Waals surface area contributed by atoms with Crippen molar-refractivity contribution in [2.24, 2.45) is 0 Å². The summed E-state index contributed by atoms with van der Waals surface area (Å²) < 4.78 is 13.7. The van der Waals surface area contributed by atoms with Gasteiger partial charge in [-0.3, -0.25) is 4.79 Å². The minimum atomic E-state index is -0.412. The van der Waals surface area contributed by atoms with Gasteiger partial charge in [0.1, 0.15) is 11.3 Å². The highest BCUT2D eigenvalue weighted by Crippen LogP contribution is 2.24. The molecule has 21 heavy (non-hydrogen) atoms. The van der Waals surface area contributed by atoms with Crippen molar-refractivity contribution in [3.8, 4) is 0 Å². The smallest absolute Gasteiger partial charge is 0.256 e. The number of amides is 1. The average molecular weight is 288 g/mol. The van der Waals surface area contributed by atoms with Gasteiger partial charge in [0.25, 0.3) is 5.91 Å². The number of H-pyrrole nitrogens is 1. The zero-order valence-electron chi connectivity index (χ0n) is 11.6. The van der Waals surface area contributed by atoms with Crippen LogP contribution in [-0.4, -0.2) is 45.9 Å². The molecular formula is C15H17FN4O. The maximum absolute atomic E-state index is 13.7. The number of benzene rings is 1. The van der Waals surface area contributed by atoms with E-state index in [9.17, 15) is 9.18 Å². The molecule has 1 amide bonds. The summed E-state index contributed by atoms with van der Waals surface area (Å²) in [7, 11) is 0. The molecule has 2 aliphatic heterocycles. The number of likely N-dealkylation sites (tertiary alicyclic amines) is 1. The Morgan fingerprint density at radius 3 is 3.05 bits per heavy atom. The molecule has 0 spiro atoms. The van der Waals surface area contributed by atoms with E-state index in [-0.39, 0.29) is 5.91 Å². The van der Waals surface area contributed by atoms with Gasteiger partial charge in [-0.1, -0.05) is 0 Å². The van der Waals surface area contributed by atoms with Gasteiger partial charge in [0, 0.05) is 25.2 Å². The van der Waals surface area contributed by atoms with Crippen LogP contribution in [0.4, 0.5) is 4.39 Å². The summed E-state index contributed by atoms with van der Waals surface area (Å²) >= 11 is 0. The van der Waals surface area contributed by atoms with Crippen molar-refractivity contribution < 1.29 is 9.18 Å². The van der Waals surface area contributed by atoms with E-state index in [2.05, 4.69) is 15.3 Å². The highest BCUT2D eigenvalue weighted by atomic mass is 19.1. The summed E-state index contributed by atoms with van der Waals surface area (Å²) in [5, 5.41) is 3.54. The molecule has 2 aliphatic rings. The summed E-state index contributed by atoms with van der Waals surface area (Å²) in [4.78, 5) is 21.6. The first-order valence-corrected chi connectivity index (χ1v) is 7.38. The molecule has 0 radical (unpaired) electrons. The highest BCUT2D eigenvalue weighted by Gasteiger charge is 2.32. The van der Waals surface area contributed by atoms with Crippen molar-refractivity contribution in [3.63, 3.8) is 0 Å². The number of nitrogens with zero attached hydrogens (tertiary/aromatic N) is 2. The molecule has 0 saturated carbocycles. The van der Waals surface area contributed by atoms with Crippen molar-refractivity contribution in [1.82, 2.24) is 20.2 Å². The molecule has 2 atom stereocenters. The summed E-state index contributed by atoms with van der Waals surface area (Å²) in [6, 6.07) is 3.54. The topological polar surface area (TPSA) is 61.0 Å². The molecule has 2 aromatic rings. The Morgan fingerprint density at radius 1 is 1.29 bits per heavy atom. The highest BCUT2D eigenvalue weighted by molar-refractivity contribution is 6.04. The lowest BCUT2D eigenvalue weighted by Crippen LogP contribution is -2.39. The molecule has 2 N–H and O–H groups in total. The number of halogens is 1. The average Bonchev–Trinajstić information content (AvgIpc) is 3.03. The number of nitrogens with one attached hydrogen (secondary N) is 2. The van der Waals surface area contributed by atoms with Crippen molar-refractivity contribution in [2.75, 3.05) is 13.1 Å². The number of carbonyl (C=O) groups excluding carboxylic acids is 1. The zero-order chi connectivity index (χ0) is 14.4. The molecule has 2 fully saturated rings. The van der Waals surface area contributed by atoms with Gasteiger partial charge in [-0.25, -0.2) is 9.37 Å². The number of aromatic nitrogens is 2. The second-order valence-electron chi connectivity index (χ2n) is 5.93. The Kier molecular flexibility index (Phi) is 2.92. The van der Waals surface area contributed by atoms with E-state index in [0.717, 1.165) is 19.4 Å². The SMILES string of the molecule is O=C(c1cc(F)cc2[nH]cnc12)N1CCC2CCC(C1)N2. The molecule has 110 valence electrons. The lowest BCUT2D eigenvalue weighted by Gasteiger charge is -2.24. The number of aromatic amines is 1. The number of hydrogen-bond acceptors (Lipinski definition) is 3. The summed E-state index contributed by atoms with van der Waals surface area (Å²) in [6.45, 7) is 1.41. The predicted molar refractivity (Wildman–Crippen MR) is 76.5 cm³/mol. The van der Waals surface area contributed by atoms with Crippen molar-refractivity contribution in [1.29, 1.82) is 0 Å². The quantitative estimate of drug-likeness (QED) is 0.839. The van der Waals surface area contributed by atoms with Gasteiger partial charge in [-0.2, -0.15) is 0 Å². The van der Waals surface area contributed by atoms with Gasteiger partial charge in [-0.05, 0) is 31.4 Å². The van der Waals surface area contributed by atoms with Gasteiger partial charge >= 0.3 is 0 Å². The van der Waals surface area contributed by atoms with Crippen LogP contribution >= 0.6 is 0 Å². The first kappa shape index (κ1) is 12.8. The van der Waals surface area contributed by atoms with Crippen LogP contribution in [0.15, 0.2) is 18.5 Å². The Balaban J connectivity index is 1.68. The predicted octanol–water partition coefficient (Wildman–Crippen LogP) is 1.67. The van der Waals surface area contributed by atoms with Crippen LogP contribution < -0.4 is 5.32 Å². The molecule has 6 heteroatoms. The first-order valence-electron chi connectivity index (χ1n) is 7.38. The Bertz CT molecular complexity index is 698. The van der Waals surface area contributed by atoms with E-state index >= 15 is 0 Å². The standard InChI is InChI=1S/C15H17FN4O/c16-9-5-12(14-13(6-9)17-8-18-14)15(21)20-4-3-10-1-2-11(7-20)19-10/h5-6,8,10-11,19H,1-4,7H2,(H,17,18). The summed E-state index contributed by atoms with van der Waals surface area (Å²) in [5.41, 5.74) is 1.46. The number of carbonyl (C=O) groups is 1. The van der Waals surface area contributed by atoms with Crippen LogP contribution in [-0.2, 0) is 0 Å². The fourth-order valence-electron chi connectivity index (χ4n) is 3.48. The monoisotopic (exact) mass is 288 g/mol. The lowest BCUT2D eigenvalue weighted by molar-refractivity contribution is 0.0749. The molecule has 1 aromatic carbocycles. The Morgan fingerprint density at radius 2 is 2.14 bits per heavy atom.